The molecule has 0 radical (unpaired) electrons. The van der Waals surface area contributed by atoms with Crippen LogP contribution in [0.5, 0.6) is 11.5 Å². The van der Waals surface area contributed by atoms with Gasteiger partial charge >= 0.3 is 0 Å². The SMILES string of the molecule is COc1ccccc1OCCN1CCCC1CC(C)=O. The lowest BCUT2D eigenvalue weighted by Gasteiger charge is -2.23. The molecule has 0 amide bonds. The summed E-state index contributed by atoms with van der Waals surface area (Å²) in [5, 5.41) is 0. The average molecular weight is 277 g/mol. The lowest BCUT2D eigenvalue weighted by molar-refractivity contribution is -0.118. The predicted octanol–water partition coefficient (Wildman–Crippen LogP) is 2.52. The Morgan fingerprint density at radius 3 is 2.80 bits per heavy atom. The number of hydrogen-bond acceptors (Lipinski definition) is 4. The molecule has 1 aromatic carbocycles. The van der Waals surface area contributed by atoms with Crippen LogP contribution >= 0.6 is 0 Å². The van der Waals surface area contributed by atoms with Gasteiger partial charge in [-0.1, -0.05) is 12.1 Å². The molecule has 1 unspecified atom stereocenters. The molecule has 1 atom stereocenters. The fourth-order valence-electron chi connectivity index (χ4n) is 2.76. The molecule has 1 aromatic rings. The first-order valence-corrected chi connectivity index (χ1v) is 7.20. The van der Waals surface area contributed by atoms with Gasteiger partial charge in [-0.15, -0.1) is 0 Å². The van der Waals surface area contributed by atoms with Gasteiger partial charge in [-0.25, -0.2) is 0 Å². The van der Waals surface area contributed by atoms with E-state index in [1.54, 1.807) is 14.0 Å². The summed E-state index contributed by atoms with van der Waals surface area (Å²) in [4.78, 5) is 13.6. The van der Waals surface area contributed by atoms with Crippen LogP contribution in [-0.2, 0) is 4.79 Å². The Morgan fingerprint density at radius 2 is 2.10 bits per heavy atom. The summed E-state index contributed by atoms with van der Waals surface area (Å²) in [6, 6.07) is 8.06. The Morgan fingerprint density at radius 1 is 1.35 bits per heavy atom. The van der Waals surface area contributed by atoms with Crippen molar-refractivity contribution >= 4 is 5.78 Å². The Labute approximate surface area is 120 Å². The van der Waals surface area contributed by atoms with E-state index in [1.165, 1.54) is 6.42 Å². The van der Waals surface area contributed by atoms with Crippen LogP contribution in [0.1, 0.15) is 26.2 Å². The van der Waals surface area contributed by atoms with E-state index in [2.05, 4.69) is 4.90 Å². The molecule has 0 spiro atoms. The van der Waals surface area contributed by atoms with Crippen LogP contribution in [0.25, 0.3) is 0 Å². The number of benzene rings is 1. The van der Waals surface area contributed by atoms with Crippen molar-refractivity contribution in [3.05, 3.63) is 24.3 Å². The van der Waals surface area contributed by atoms with Crippen LogP contribution in [-0.4, -0.2) is 43.5 Å². The molecule has 0 N–H and O–H groups in total. The van der Waals surface area contributed by atoms with Gasteiger partial charge in [0.15, 0.2) is 11.5 Å². The van der Waals surface area contributed by atoms with Gasteiger partial charge in [0.25, 0.3) is 0 Å². The first kappa shape index (κ1) is 14.9. The molecule has 110 valence electrons. The molecule has 0 aromatic heterocycles. The topological polar surface area (TPSA) is 38.8 Å². The van der Waals surface area contributed by atoms with E-state index in [4.69, 9.17) is 9.47 Å². The van der Waals surface area contributed by atoms with Gasteiger partial charge in [0.05, 0.1) is 7.11 Å². The van der Waals surface area contributed by atoms with Crippen molar-refractivity contribution in [2.75, 3.05) is 26.8 Å². The highest BCUT2D eigenvalue weighted by Gasteiger charge is 2.25. The number of carbonyl (C=O) groups excluding carboxylic acids is 1. The first-order chi connectivity index (χ1) is 9.70. The van der Waals surface area contributed by atoms with Crippen LogP contribution in [0.15, 0.2) is 24.3 Å². The number of carbonyl (C=O) groups is 1. The third-order valence-electron chi connectivity index (χ3n) is 3.73. The van der Waals surface area contributed by atoms with Crippen LogP contribution in [0.4, 0.5) is 0 Å². The summed E-state index contributed by atoms with van der Waals surface area (Å²) in [7, 11) is 1.64. The smallest absolute Gasteiger partial charge is 0.161 e. The van der Waals surface area contributed by atoms with E-state index in [1.807, 2.05) is 24.3 Å². The molecule has 4 heteroatoms. The monoisotopic (exact) mass is 277 g/mol. The van der Waals surface area contributed by atoms with E-state index >= 15 is 0 Å². The van der Waals surface area contributed by atoms with Crippen molar-refractivity contribution in [2.45, 2.75) is 32.2 Å². The molecule has 1 fully saturated rings. The number of Topliss-reactive ketones (excluding diaryl/α,β-unsaturated/α-hetero) is 1. The van der Waals surface area contributed by atoms with Crippen molar-refractivity contribution in [2.24, 2.45) is 0 Å². The fourth-order valence-corrected chi connectivity index (χ4v) is 2.76. The Kier molecular flexibility index (Phi) is 5.41. The highest BCUT2D eigenvalue weighted by molar-refractivity contribution is 5.76. The molecule has 4 nitrogen and oxygen atoms in total. The zero-order chi connectivity index (χ0) is 14.4. The maximum absolute atomic E-state index is 11.2. The molecule has 1 heterocycles. The number of rotatable bonds is 7. The summed E-state index contributed by atoms with van der Waals surface area (Å²) in [5.41, 5.74) is 0. The van der Waals surface area contributed by atoms with E-state index in [0.717, 1.165) is 31.0 Å². The minimum absolute atomic E-state index is 0.271. The lowest BCUT2D eigenvalue weighted by atomic mass is 10.1. The van der Waals surface area contributed by atoms with Gasteiger partial charge < -0.3 is 9.47 Å². The zero-order valence-electron chi connectivity index (χ0n) is 12.3. The molecular weight excluding hydrogens is 254 g/mol. The predicted molar refractivity (Wildman–Crippen MR) is 78.4 cm³/mol. The minimum Gasteiger partial charge on any atom is -0.493 e. The number of methoxy groups -OCH3 is 1. The molecule has 1 saturated heterocycles. The maximum Gasteiger partial charge on any atom is 0.161 e. The third kappa shape index (κ3) is 3.97. The normalized spacial score (nSPS) is 19.0. The van der Waals surface area contributed by atoms with Gasteiger partial charge in [0.1, 0.15) is 12.4 Å². The summed E-state index contributed by atoms with van der Waals surface area (Å²) in [6.07, 6.45) is 2.95. The molecule has 2 rings (SSSR count). The van der Waals surface area contributed by atoms with Crippen molar-refractivity contribution in [1.82, 2.24) is 4.90 Å². The van der Waals surface area contributed by atoms with Gasteiger partial charge in [-0.3, -0.25) is 9.69 Å². The van der Waals surface area contributed by atoms with E-state index < -0.39 is 0 Å². The molecule has 20 heavy (non-hydrogen) atoms. The number of para-hydroxylation sites is 2. The zero-order valence-corrected chi connectivity index (χ0v) is 12.3. The van der Waals surface area contributed by atoms with E-state index in [0.29, 0.717) is 19.1 Å². The molecule has 0 bridgehead atoms. The summed E-state index contributed by atoms with van der Waals surface area (Å²) in [6.45, 7) is 4.21. The summed E-state index contributed by atoms with van der Waals surface area (Å²) in [5.74, 6) is 1.80. The highest BCUT2D eigenvalue weighted by Crippen LogP contribution is 2.26. The second-order valence-electron chi connectivity index (χ2n) is 5.24. The standard InChI is InChI=1S/C16H23NO3/c1-13(18)12-14-6-5-9-17(14)10-11-20-16-8-4-3-7-15(16)19-2/h3-4,7-8,14H,5-6,9-12H2,1-2H3. The van der Waals surface area contributed by atoms with Crippen LogP contribution < -0.4 is 9.47 Å². The van der Waals surface area contributed by atoms with Crippen molar-refractivity contribution < 1.29 is 14.3 Å². The molecule has 1 aliphatic rings. The number of hydrogen-bond donors (Lipinski definition) is 0. The van der Waals surface area contributed by atoms with Gasteiger partial charge in [-0.2, -0.15) is 0 Å². The largest absolute Gasteiger partial charge is 0.493 e. The van der Waals surface area contributed by atoms with Crippen molar-refractivity contribution in [3.8, 4) is 11.5 Å². The Balaban J connectivity index is 1.81. The Hall–Kier alpha value is -1.55. The minimum atomic E-state index is 0.271. The second-order valence-corrected chi connectivity index (χ2v) is 5.24. The Bertz CT molecular complexity index is 447. The number of ether oxygens (including phenoxy) is 2. The van der Waals surface area contributed by atoms with Gasteiger partial charge in [-0.05, 0) is 38.4 Å². The molecule has 1 aliphatic heterocycles. The number of nitrogens with zero attached hydrogens (tertiary/aromatic N) is 1. The van der Waals surface area contributed by atoms with Crippen molar-refractivity contribution in [3.63, 3.8) is 0 Å². The van der Waals surface area contributed by atoms with E-state index in [-0.39, 0.29) is 5.78 Å². The van der Waals surface area contributed by atoms with E-state index in [9.17, 15) is 4.79 Å². The summed E-state index contributed by atoms with van der Waals surface area (Å²) >= 11 is 0. The average Bonchev–Trinajstić information content (AvgIpc) is 2.86. The number of likely N-dealkylation sites (tertiary alicyclic amines) is 1. The highest BCUT2D eigenvalue weighted by atomic mass is 16.5. The molecule has 0 saturated carbocycles. The lowest BCUT2D eigenvalue weighted by Crippen LogP contribution is -2.34. The maximum atomic E-state index is 11.2. The quantitative estimate of drug-likeness (QED) is 0.767. The molecule has 0 aliphatic carbocycles. The van der Waals surface area contributed by atoms with Crippen LogP contribution in [0, 0.1) is 0 Å². The fraction of sp³-hybridized carbons (Fsp3) is 0.562. The number of ketones is 1. The second kappa shape index (κ2) is 7.29. The molecular formula is C16H23NO3. The van der Waals surface area contributed by atoms with Gasteiger partial charge in [0.2, 0.25) is 0 Å². The van der Waals surface area contributed by atoms with Gasteiger partial charge in [0, 0.05) is 19.0 Å². The van der Waals surface area contributed by atoms with Crippen molar-refractivity contribution in [1.29, 1.82) is 0 Å². The third-order valence-corrected chi connectivity index (χ3v) is 3.73. The van der Waals surface area contributed by atoms with Crippen LogP contribution in [0.3, 0.4) is 0 Å². The summed E-state index contributed by atoms with van der Waals surface area (Å²) < 4.78 is 11.1. The van der Waals surface area contributed by atoms with Crippen LogP contribution in [0.2, 0.25) is 0 Å². The first-order valence-electron chi connectivity index (χ1n) is 7.20.